The minimum absolute atomic E-state index is 0.575. The smallest absolute Gasteiger partial charge is 0.0637 e. The van der Waals surface area contributed by atoms with Crippen LogP contribution in [0, 0.1) is 0 Å². The Morgan fingerprint density at radius 2 is 2.20 bits per heavy atom. The lowest BCUT2D eigenvalue weighted by Gasteiger charge is -2.28. The predicted octanol–water partition coefficient (Wildman–Crippen LogP) is 2.85. The fourth-order valence-corrected chi connectivity index (χ4v) is 3.60. The van der Waals surface area contributed by atoms with Gasteiger partial charge in [0.25, 0.3) is 0 Å². The van der Waals surface area contributed by atoms with E-state index < -0.39 is 0 Å². The molecule has 1 aromatic carbocycles. The molecule has 0 spiro atoms. The van der Waals surface area contributed by atoms with Crippen molar-refractivity contribution in [3.05, 3.63) is 41.5 Å². The van der Waals surface area contributed by atoms with Crippen LogP contribution in [0.15, 0.2) is 30.3 Å². The second-order valence-corrected chi connectivity index (χ2v) is 5.36. The monoisotopic (exact) mass is 217 g/mol. The molecule has 1 N–H and O–H groups in total. The highest BCUT2D eigenvalue weighted by molar-refractivity contribution is 7.99. The van der Waals surface area contributed by atoms with Crippen LogP contribution in [0.5, 0.6) is 0 Å². The molecule has 1 fully saturated rings. The molecule has 0 amide bonds. The summed E-state index contributed by atoms with van der Waals surface area (Å²) in [5, 5.41) is 4.20. The van der Waals surface area contributed by atoms with E-state index >= 15 is 0 Å². The SMILES string of the molecule is C1=CC(C2NCCCS2)c2ccccc21. The Kier molecular flexibility index (Phi) is 2.55. The molecule has 0 aromatic heterocycles. The van der Waals surface area contributed by atoms with Gasteiger partial charge in [0.1, 0.15) is 0 Å². The molecule has 3 rings (SSSR count). The second kappa shape index (κ2) is 4.03. The molecule has 2 aliphatic rings. The minimum atomic E-state index is 0.575. The summed E-state index contributed by atoms with van der Waals surface area (Å²) in [4.78, 5) is 0. The highest BCUT2D eigenvalue weighted by atomic mass is 32.2. The molecule has 1 saturated heterocycles. The Morgan fingerprint density at radius 1 is 1.27 bits per heavy atom. The van der Waals surface area contributed by atoms with Gasteiger partial charge in [-0.2, -0.15) is 0 Å². The molecule has 1 aliphatic heterocycles. The van der Waals surface area contributed by atoms with E-state index in [9.17, 15) is 0 Å². The van der Waals surface area contributed by atoms with E-state index in [-0.39, 0.29) is 0 Å². The summed E-state index contributed by atoms with van der Waals surface area (Å²) in [5.74, 6) is 1.87. The minimum Gasteiger partial charge on any atom is -0.305 e. The first-order valence-corrected chi connectivity index (χ1v) is 6.62. The molecule has 1 heterocycles. The van der Waals surface area contributed by atoms with E-state index in [0.717, 1.165) is 0 Å². The third-order valence-corrected chi connectivity index (χ3v) is 4.47. The predicted molar refractivity (Wildman–Crippen MR) is 67.1 cm³/mol. The number of benzene rings is 1. The van der Waals surface area contributed by atoms with Crippen LogP contribution in [-0.2, 0) is 0 Å². The van der Waals surface area contributed by atoms with Crippen molar-refractivity contribution in [2.75, 3.05) is 12.3 Å². The maximum atomic E-state index is 3.61. The van der Waals surface area contributed by atoms with E-state index in [1.807, 2.05) is 0 Å². The van der Waals surface area contributed by atoms with E-state index in [1.165, 1.54) is 29.8 Å². The van der Waals surface area contributed by atoms with Crippen LogP contribution >= 0.6 is 11.8 Å². The summed E-state index contributed by atoms with van der Waals surface area (Å²) in [6, 6.07) is 8.73. The Hall–Kier alpha value is -0.730. The van der Waals surface area contributed by atoms with Crippen LogP contribution in [0.3, 0.4) is 0 Å². The van der Waals surface area contributed by atoms with Crippen molar-refractivity contribution in [1.82, 2.24) is 5.32 Å². The van der Waals surface area contributed by atoms with Gasteiger partial charge in [0.05, 0.1) is 5.37 Å². The molecule has 0 radical (unpaired) electrons. The normalized spacial score (nSPS) is 29.1. The molecule has 2 heteroatoms. The lowest BCUT2D eigenvalue weighted by Crippen LogP contribution is -2.35. The van der Waals surface area contributed by atoms with Crippen molar-refractivity contribution < 1.29 is 0 Å². The van der Waals surface area contributed by atoms with E-state index in [2.05, 4.69) is 53.5 Å². The maximum absolute atomic E-state index is 3.61. The quantitative estimate of drug-likeness (QED) is 0.776. The zero-order valence-corrected chi connectivity index (χ0v) is 9.46. The summed E-state index contributed by atoms with van der Waals surface area (Å²) in [5.41, 5.74) is 2.89. The van der Waals surface area contributed by atoms with Crippen LogP contribution in [0.25, 0.3) is 6.08 Å². The fourth-order valence-electron chi connectivity index (χ4n) is 2.36. The number of fused-ring (bicyclic) bond motifs is 1. The Bertz CT molecular complexity index is 380. The van der Waals surface area contributed by atoms with Crippen LogP contribution < -0.4 is 5.32 Å². The fraction of sp³-hybridized carbons (Fsp3) is 0.385. The van der Waals surface area contributed by atoms with Gasteiger partial charge in [0.2, 0.25) is 0 Å². The van der Waals surface area contributed by atoms with E-state index in [4.69, 9.17) is 0 Å². The molecule has 15 heavy (non-hydrogen) atoms. The number of hydrogen-bond acceptors (Lipinski definition) is 2. The molecule has 78 valence electrons. The van der Waals surface area contributed by atoms with Gasteiger partial charge in [-0.15, -0.1) is 11.8 Å². The average molecular weight is 217 g/mol. The molecule has 1 nitrogen and oxygen atoms in total. The van der Waals surface area contributed by atoms with Crippen LogP contribution in [-0.4, -0.2) is 17.7 Å². The Balaban J connectivity index is 1.86. The third kappa shape index (κ3) is 1.72. The van der Waals surface area contributed by atoms with Gasteiger partial charge in [-0.3, -0.25) is 0 Å². The van der Waals surface area contributed by atoms with Crippen LogP contribution in [0.1, 0.15) is 23.5 Å². The van der Waals surface area contributed by atoms with Gasteiger partial charge in [-0.25, -0.2) is 0 Å². The molecular formula is C13H15NS. The molecule has 1 aromatic rings. The number of nitrogens with one attached hydrogen (secondary N) is 1. The molecule has 2 unspecified atom stereocenters. The zero-order valence-electron chi connectivity index (χ0n) is 8.65. The molecular weight excluding hydrogens is 202 g/mol. The van der Waals surface area contributed by atoms with Gasteiger partial charge < -0.3 is 5.32 Å². The molecule has 2 atom stereocenters. The lowest BCUT2D eigenvalue weighted by atomic mass is 10.0. The van der Waals surface area contributed by atoms with Gasteiger partial charge in [0.15, 0.2) is 0 Å². The van der Waals surface area contributed by atoms with E-state index in [0.29, 0.717) is 11.3 Å². The Morgan fingerprint density at radius 3 is 3.07 bits per heavy atom. The summed E-state index contributed by atoms with van der Waals surface area (Å²) in [7, 11) is 0. The lowest BCUT2D eigenvalue weighted by molar-refractivity contribution is 0.586. The number of thioether (sulfide) groups is 1. The first kappa shape index (κ1) is 9.49. The molecule has 1 aliphatic carbocycles. The van der Waals surface area contributed by atoms with Gasteiger partial charge in [0, 0.05) is 5.92 Å². The molecule has 0 saturated carbocycles. The second-order valence-electron chi connectivity index (χ2n) is 4.11. The average Bonchev–Trinajstić information content (AvgIpc) is 2.74. The highest BCUT2D eigenvalue weighted by Gasteiger charge is 2.27. The summed E-state index contributed by atoms with van der Waals surface area (Å²) < 4.78 is 0. The van der Waals surface area contributed by atoms with Crippen molar-refractivity contribution in [3.8, 4) is 0 Å². The summed E-state index contributed by atoms with van der Waals surface area (Å²) >= 11 is 2.06. The van der Waals surface area contributed by atoms with Crippen molar-refractivity contribution in [2.24, 2.45) is 0 Å². The maximum Gasteiger partial charge on any atom is 0.0637 e. The summed E-state index contributed by atoms with van der Waals surface area (Å²) in [6.07, 6.45) is 5.91. The van der Waals surface area contributed by atoms with Crippen molar-refractivity contribution >= 4 is 17.8 Å². The first-order chi connectivity index (χ1) is 7.45. The van der Waals surface area contributed by atoms with Gasteiger partial charge >= 0.3 is 0 Å². The largest absolute Gasteiger partial charge is 0.305 e. The van der Waals surface area contributed by atoms with Gasteiger partial charge in [-0.1, -0.05) is 36.4 Å². The number of rotatable bonds is 1. The van der Waals surface area contributed by atoms with E-state index in [1.54, 1.807) is 0 Å². The number of hydrogen-bond donors (Lipinski definition) is 1. The topological polar surface area (TPSA) is 12.0 Å². The van der Waals surface area contributed by atoms with Crippen molar-refractivity contribution in [1.29, 1.82) is 0 Å². The third-order valence-electron chi connectivity index (χ3n) is 3.13. The van der Waals surface area contributed by atoms with Crippen molar-refractivity contribution in [3.63, 3.8) is 0 Å². The first-order valence-electron chi connectivity index (χ1n) is 5.57. The van der Waals surface area contributed by atoms with Gasteiger partial charge in [-0.05, 0) is 29.8 Å². The highest BCUT2D eigenvalue weighted by Crippen LogP contribution is 2.37. The molecule has 0 bridgehead atoms. The standard InChI is InChI=1S/C13H15NS/c1-2-5-11-10(4-1)6-7-12(11)13-14-8-3-9-15-13/h1-2,4-7,12-14H,3,8-9H2. The summed E-state index contributed by atoms with van der Waals surface area (Å²) in [6.45, 7) is 1.17. The zero-order chi connectivity index (χ0) is 10.1. The van der Waals surface area contributed by atoms with Crippen molar-refractivity contribution in [2.45, 2.75) is 17.7 Å². The van der Waals surface area contributed by atoms with Crippen LogP contribution in [0.2, 0.25) is 0 Å². The van der Waals surface area contributed by atoms with Crippen LogP contribution in [0.4, 0.5) is 0 Å². The Labute approximate surface area is 95.0 Å².